The van der Waals surface area contributed by atoms with Crippen LogP contribution in [0, 0.1) is 5.92 Å². The van der Waals surface area contributed by atoms with Gasteiger partial charge in [-0.2, -0.15) is 0 Å². The summed E-state index contributed by atoms with van der Waals surface area (Å²) in [6.45, 7) is 0. The number of amides is 1. The Hall–Kier alpha value is -1.32. The van der Waals surface area contributed by atoms with Crippen molar-refractivity contribution in [2.24, 2.45) is 5.92 Å². The van der Waals surface area contributed by atoms with Gasteiger partial charge in [-0.15, -0.1) is 0 Å². The average molecular weight is 265 g/mol. The van der Waals surface area contributed by atoms with Crippen LogP contribution >= 0.6 is 0 Å². The zero-order valence-electron chi connectivity index (χ0n) is 11.6. The van der Waals surface area contributed by atoms with E-state index >= 15 is 0 Å². The summed E-state index contributed by atoms with van der Waals surface area (Å²) in [6.07, 6.45) is 11.2. The van der Waals surface area contributed by atoms with Crippen molar-refractivity contribution in [3.63, 3.8) is 0 Å². The Bertz CT molecular complexity index is 370. The predicted molar refractivity (Wildman–Crippen MR) is 72.5 cm³/mol. The lowest BCUT2D eigenvalue weighted by Gasteiger charge is -2.36. The maximum atomic E-state index is 12.3. The average Bonchev–Trinajstić information content (AvgIpc) is 2.48. The molecule has 1 N–H and O–H groups in total. The molecule has 0 aromatic rings. The van der Waals surface area contributed by atoms with E-state index in [4.69, 9.17) is 4.74 Å². The number of nitrogens with one attached hydrogen (secondary N) is 1. The third-order valence-electron chi connectivity index (χ3n) is 4.29. The molecule has 4 heteroatoms. The van der Waals surface area contributed by atoms with Crippen molar-refractivity contribution in [2.75, 3.05) is 7.11 Å². The lowest BCUT2D eigenvalue weighted by molar-refractivity contribution is -0.153. The minimum Gasteiger partial charge on any atom is -0.467 e. The lowest BCUT2D eigenvalue weighted by Crippen LogP contribution is -2.57. The molecule has 0 saturated heterocycles. The summed E-state index contributed by atoms with van der Waals surface area (Å²) in [6, 6.07) is 0. The Morgan fingerprint density at radius 3 is 2.53 bits per heavy atom. The molecule has 0 unspecified atom stereocenters. The van der Waals surface area contributed by atoms with E-state index in [1.807, 2.05) is 0 Å². The standard InChI is InChI=1S/C15H23NO3/c1-19-14(18)15(10-6-3-7-11-15)16-13(17)12-8-4-2-5-9-12/h2,4,12H,3,5-11H2,1H3,(H,16,17)/t12-/m0/s1. The Labute approximate surface area is 114 Å². The van der Waals surface area contributed by atoms with Crippen molar-refractivity contribution in [1.82, 2.24) is 5.32 Å². The number of rotatable bonds is 3. The highest BCUT2D eigenvalue weighted by Crippen LogP contribution is 2.30. The molecule has 2 aliphatic carbocycles. The van der Waals surface area contributed by atoms with E-state index in [9.17, 15) is 9.59 Å². The quantitative estimate of drug-likeness (QED) is 0.629. The van der Waals surface area contributed by atoms with Gasteiger partial charge in [-0.3, -0.25) is 4.79 Å². The number of hydrogen-bond acceptors (Lipinski definition) is 3. The fourth-order valence-corrected chi connectivity index (χ4v) is 3.10. The number of allylic oxidation sites excluding steroid dienone is 2. The van der Waals surface area contributed by atoms with Gasteiger partial charge in [0.2, 0.25) is 5.91 Å². The first-order valence-electron chi connectivity index (χ1n) is 7.23. The highest BCUT2D eigenvalue weighted by atomic mass is 16.5. The van der Waals surface area contributed by atoms with Crippen LogP contribution in [-0.4, -0.2) is 24.5 Å². The van der Waals surface area contributed by atoms with Gasteiger partial charge >= 0.3 is 5.97 Å². The van der Waals surface area contributed by atoms with Crippen LogP contribution in [0.25, 0.3) is 0 Å². The molecule has 1 atom stereocenters. The van der Waals surface area contributed by atoms with Crippen molar-refractivity contribution in [2.45, 2.75) is 56.9 Å². The molecule has 2 rings (SSSR count). The van der Waals surface area contributed by atoms with Crippen LogP contribution < -0.4 is 5.32 Å². The molecule has 0 heterocycles. The van der Waals surface area contributed by atoms with Crippen molar-refractivity contribution in [1.29, 1.82) is 0 Å². The van der Waals surface area contributed by atoms with Gasteiger partial charge in [-0.05, 0) is 32.1 Å². The van der Waals surface area contributed by atoms with E-state index in [0.717, 1.165) is 38.5 Å². The van der Waals surface area contributed by atoms with Crippen molar-refractivity contribution in [3.8, 4) is 0 Å². The summed E-state index contributed by atoms with van der Waals surface area (Å²) < 4.78 is 4.91. The number of carbonyl (C=O) groups is 2. The third kappa shape index (κ3) is 3.17. The second-order valence-corrected chi connectivity index (χ2v) is 5.60. The van der Waals surface area contributed by atoms with Crippen LogP contribution in [0.3, 0.4) is 0 Å². The molecule has 1 saturated carbocycles. The van der Waals surface area contributed by atoms with Gasteiger partial charge in [-0.1, -0.05) is 31.4 Å². The van der Waals surface area contributed by atoms with Crippen LogP contribution in [0.4, 0.5) is 0 Å². The second-order valence-electron chi connectivity index (χ2n) is 5.60. The van der Waals surface area contributed by atoms with Gasteiger partial charge in [-0.25, -0.2) is 4.79 Å². The van der Waals surface area contributed by atoms with Gasteiger partial charge < -0.3 is 10.1 Å². The molecule has 0 radical (unpaired) electrons. The molecule has 0 bridgehead atoms. The minimum absolute atomic E-state index is 0.00783. The summed E-state index contributed by atoms with van der Waals surface area (Å²) in [4.78, 5) is 24.4. The first-order valence-corrected chi connectivity index (χ1v) is 7.23. The Morgan fingerprint density at radius 2 is 1.95 bits per heavy atom. The van der Waals surface area contributed by atoms with Gasteiger partial charge in [0.25, 0.3) is 0 Å². The SMILES string of the molecule is COC(=O)C1(NC(=O)[C@H]2CC=CCC2)CCCCC1. The molecule has 0 aromatic carbocycles. The summed E-state index contributed by atoms with van der Waals surface area (Å²) in [7, 11) is 1.40. The predicted octanol–water partition coefficient (Wildman–Crippen LogP) is 2.33. The molecule has 0 spiro atoms. The first-order chi connectivity index (χ1) is 9.18. The fraction of sp³-hybridized carbons (Fsp3) is 0.733. The second kappa shape index (κ2) is 6.22. The van der Waals surface area contributed by atoms with Crippen LogP contribution in [0.5, 0.6) is 0 Å². The zero-order valence-corrected chi connectivity index (χ0v) is 11.6. The normalized spacial score (nSPS) is 25.6. The smallest absolute Gasteiger partial charge is 0.331 e. The largest absolute Gasteiger partial charge is 0.467 e. The molecule has 2 aliphatic rings. The van der Waals surface area contributed by atoms with Gasteiger partial charge in [0, 0.05) is 5.92 Å². The topological polar surface area (TPSA) is 55.4 Å². The Morgan fingerprint density at radius 1 is 1.21 bits per heavy atom. The first kappa shape index (κ1) is 14.1. The lowest BCUT2D eigenvalue weighted by atomic mass is 9.80. The number of methoxy groups -OCH3 is 1. The number of hydrogen-bond donors (Lipinski definition) is 1. The van der Waals surface area contributed by atoms with Crippen LogP contribution in [0.1, 0.15) is 51.4 Å². The molecule has 0 aliphatic heterocycles. The monoisotopic (exact) mass is 265 g/mol. The summed E-state index contributed by atoms with van der Waals surface area (Å²) >= 11 is 0. The van der Waals surface area contributed by atoms with Gasteiger partial charge in [0.15, 0.2) is 0 Å². The fourth-order valence-electron chi connectivity index (χ4n) is 3.10. The summed E-state index contributed by atoms with van der Waals surface area (Å²) in [5.41, 5.74) is -0.773. The van der Waals surface area contributed by atoms with Crippen molar-refractivity contribution in [3.05, 3.63) is 12.2 Å². The van der Waals surface area contributed by atoms with E-state index in [-0.39, 0.29) is 17.8 Å². The van der Waals surface area contributed by atoms with Crippen molar-refractivity contribution < 1.29 is 14.3 Å². The van der Waals surface area contributed by atoms with E-state index in [1.165, 1.54) is 7.11 Å². The van der Waals surface area contributed by atoms with Crippen molar-refractivity contribution >= 4 is 11.9 Å². The molecule has 1 amide bonds. The molecule has 1 fully saturated rings. The maximum absolute atomic E-state index is 12.3. The molecular formula is C15H23NO3. The summed E-state index contributed by atoms with van der Waals surface area (Å²) in [5, 5.41) is 3.01. The summed E-state index contributed by atoms with van der Waals surface area (Å²) in [5.74, 6) is -0.267. The molecule has 0 aromatic heterocycles. The zero-order chi connectivity index (χ0) is 13.7. The van der Waals surface area contributed by atoms with Crippen LogP contribution in [0.15, 0.2) is 12.2 Å². The maximum Gasteiger partial charge on any atom is 0.331 e. The number of ether oxygens (including phenoxy) is 1. The van der Waals surface area contributed by atoms with Crippen LogP contribution in [0.2, 0.25) is 0 Å². The Balaban J connectivity index is 2.05. The number of carbonyl (C=O) groups excluding carboxylic acids is 2. The molecule has 19 heavy (non-hydrogen) atoms. The minimum atomic E-state index is -0.773. The van der Waals surface area contributed by atoms with E-state index in [1.54, 1.807) is 0 Å². The molecule has 106 valence electrons. The van der Waals surface area contributed by atoms with Gasteiger partial charge in [0.05, 0.1) is 7.11 Å². The Kier molecular flexibility index (Phi) is 4.61. The third-order valence-corrected chi connectivity index (χ3v) is 4.29. The highest BCUT2D eigenvalue weighted by Gasteiger charge is 2.42. The molecular weight excluding hydrogens is 242 g/mol. The molecule has 4 nitrogen and oxygen atoms in total. The van der Waals surface area contributed by atoms with Crippen LogP contribution in [-0.2, 0) is 14.3 Å². The van der Waals surface area contributed by atoms with E-state index < -0.39 is 5.54 Å². The van der Waals surface area contributed by atoms with E-state index in [0.29, 0.717) is 12.8 Å². The highest BCUT2D eigenvalue weighted by molar-refractivity contribution is 5.89. The van der Waals surface area contributed by atoms with E-state index in [2.05, 4.69) is 17.5 Å². The number of esters is 1. The van der Waals surface area contributed by atoms with Gasteiger partial charge in [0.1, 0.15) is 5.54 Å².